The summed E-state index contributed by atoms with van der Waals surface area (Å²) in [5, 5.41) is 0. The molecule has 0 aliphatic heterocycles. The molecule has 4 aliphatic rings. The Morgan fingerprint density at radius 1 is 0.767 bits per heavy atom. The van der Waals surface area contributed by atoms with Gasteiger partial charge in [-0.25, -0.2) is 0 Å². The highest BCUT2D eigenvalue weighted by atomic mass is 16.6. The van der Waals surface area contributed by atoms with Crippen molar-refractivity contribution in [1.29, 1.82) is 0 Å². The van der Waals surface area contributed by atoms with Crippen LogP contribution in [0.25, 0.3) is 0 Å². The predicted octanol–water partition coefficient (Wildman–Crippen LogP) is 4.85. The van der Waals surface area contributed by atoms with Crippen LogP contribution in [0.3, 0.4) is 0 Å². The molecule has 8 atom stereocenters. The Labute approximate surface area is 180 Å². The molecule has 5 heteroatoms. The highest BCUT2D eigenvalue weighted by Crippen LogP contribution is 2.67. The van der Waals surface area contributed by atoms with E-state index in [-0.39, 0.29) is 34.7 Å². The van der Waals surface area contributed by atoms with Crippen LogP contribution < -0.4 is 0 Å². The van der Waals surface area contributed by atoms with Gasteiger partial charge in [-0.1, -0.05) is 13.8 Å². The summed E-state index contributed by atoms with van der Waals surface area (Å²) >= 11 is 0. The molecule has 0 aromatic carbocycles. The molecule has 4 aliphatic carbocycles. The summed E-state index contributed by atoms with van der Waals surface area (Å²) in [7, 11) is 0. The summed E-state index contributed by atoms with van der Waals surface area (Å²) in [4.78, 5) is 35.9. The van der Waals surface area contributed by atoms with E-state index in [0.717, 1.165) is 32.1 Å². The van der Waals surface area contributed by atoms with Gasteiger partial charge in [0.2, 0.25) is 0 Å². The molecule has 0 spiro atoms. The number of carbonyl (C=O) groups is 3. The Bertz CT molecular complexity index is 746. The molecular formula is C25H38O5. The quantitative estimate of drug-likeness (QED) is 0.613. The van der Waals surface area contributed by atoms with Crippen molar-refractivity contribution in [3.63, 3.8) is 0 Å². The molecule has 5 nitrogen and oxygen atoms in total. The second-order valence-electron chi connectivity index (χ2n) is 11.2. The molecule has 0 aromatic heterocycles. The monoisotopic (exact) mass is 418 g/mol. The summed E-state index contributed by atoms with van der Waals surface area (Å²) in [6.07, 6.45) is 9.03. The van der Waals surface area contributed by atoms with Crippen molar-refractivity contribution in [3.05, 3.63) is 0 Å². The molecule has 4 rings (SSSR count). The lowest BCUT2D eigenvalue weighted by Crippen LogP contribution is -2.58. The number of ketones is 1. The lowest BCUT2D eigenvalue weighted by Gasteiger charge is -2.61. The summed E-state index contributed by atoms with van der Waals surface area (Å²) in [6.45, 7) is 9.31. The van der Waals surface area contributed by atoms with Crippen LogP contribution in [0.1, 0.15) is 92.4 Å². The third kappa shape index (κ3) is 3.22. The van der Waals surface area contributed by atoms with Gasteiger partial charge in [-0.2, -0.15) is 0 Å². The van der Waals surface area contributed by atoms with E-state index in [1.165, 1.54) is 26.7 Å². The first-order valence-corrected chi connectivity index (χ1v) is 11.9. The van der Waals surface area contributed by atoms with Crippen LogP contribution in [0.5, 0.6) is 0 Å². The first kappa shape index (κ1) is 21.8. The predicted molar refractivity (Wildman–Crippen MR) is 112 cm³/mol. The Morgan fingerprint density at radius 3 is 2.10 bits per heavy atom. The standard InChI is InChI=1S/C25H38O5/c1-15(26)25(30-17(3)28)13-12-23(4)18(14-25)6-7-19-20-8-9-22(29-16(2)27)24(20,5)11-10-21(19)23/h18-22H,6-14H2,1-5H3/t18-,19-,20+,21+,22-,23-,24-,25-/m0/s1. The smallest absolute Gasteiger partial charge is 0.303 e. The van der Waals surface area contributed by atoms with Gasteiger partial charge >= 0.3 is 11.9 Å². The number of hydrogen-bond donors (Lipinski definition) is 0. The van der Waals surface area contributed by atoms with Crippen molar-refractivity contribution in [2.45, 2.75) is 104 Å². The first-order chi connectivity index (χ1) is 14.0. The SMILES string of the molecule is CC(=O)O[C@H]1CC[C@@H]2[C@@H]3CC[C@H]4C[C@](OC(C)=O)(C(C)=O)CC[C@]4(C)[C@@H]3CC[C@]12C. The van der Waals surface area contributed by atoms with Gasteiger partial charge in [-0.15, -0.1) is 0 Å². The van der Waals surface area contributed by atoms with Crippen molar-refractivity contribution in [1.82, 2.24) is 0 Å². The molecule has 0 N–H and O–H groups in total. The van der Waals surface area contributed by atoms with Crippen LogP contribution in [0.2, 0.25) is 0 Å². The Hall–Kier alpha value is -1.39. The maximum absolute atomic E-state index is 12.5. The molecular weight excluding hydrogens is 380 g/mol. The number of hydrogen-bond acceptors (Lipinski definition) is 5. The van der Waals surface area contributed by atoms with Crippen LogP contribution in [0.15, 0.2) is 0 Å². The van der Waals surface area contributed by atoms with Crippen LogP contribution in [-0.2, 0) is 23.9 Å². The number of esters is 2. The van der Waals surface area contributed by atoms with Crippen molar-refractivity contribution >= 4 is 17.7 Å². The minimum atomic E-state index is -0.917. The molecule has 0 heterocycles. The third-order valence-corrected chi connectivity index (χ3v) is 9.91. The normalized spacial score (nSPS) is 47.4. The zero-order valence-corrected chi connectivity index (χ0v) is 19.3. The largest absolute Gasteiger partial charge is 0.462 e. The lowest BCUT2D eigenvalue weighted by atomic mass is 9.44. The van der Waals surface area contributed by atoms with Gasteiger partial charge in [0.25, 0.3) is 0 Å². The molecule has 0 saturated heterocycles. The summed E-state index contributed by atoms with van der Waals surface area (Å²) in [5.74, 6) is 1.85. The van der Waals surface area contributed by atoms with E-state index >= 15 is 0 Å². The third-order valence-electron chi connectivity index (χ3n) is 9.91. The van der Waals surface area contributed by atoms with E-state index in [1.807, 2.05) is 0 Å². The summed E-state index contributed by atoms with van der Waals surface area (Å²) in [6, 6.07) is 0. The molecule has 168 valence electrons. The van der Waals surface area contributed by atoms with Crippen molar-refractivity contribution in [2.75, 3.05) is 0 Å². The van der Waals surface area contributed by atoms with E-state index in [9.17, 15) is 14.4 Å². The molecule has 30 heavy (non-hydrogen) atoms. The van der Waals surface area contributed by atoms with E-state index < -0.39 is 5.60 Å². The van der Waals surface area contributed by atoms with Crippen LogP contribution in [0.4, 0.5) is 0 Å². The van der Waals surface area contributed by atoms with E-state index in [4.69, 9.17) is 9.47 Å². The van der Waals surface area contributed by atoms with Gasteiger partial charge in [0, 0.05) is 19.3 Å². The van der Waals surface area contributed by atoms with Gasteiger partial charge in [0.1, 0.15) is 6.10 Å². The number of carbonyl (C=O) groups excluding carboxylic acids is 3. The van der Waals surface area contributed by atoms with Crippen molar-refractivity contribution < 1.29 is 23.9 Å². The molecule has 4 saturated carbocycles. The average Bonchev–Trinajstić information content (AvgIpc) is 2.97. The Morgan fingerprint density at radius 2 is 1.47 bits per heavy atom. The first-order valence-electron chi connectivity index (χ1n) is 11.9. The highest BCUT2D eigenvalue weighted by molar-refractivity contribution is 5.87. The molecule has 0 amide bonds. The second-order valence-corrected chi connectivity index (χ2v) is 11.2. The number of ether oxygens (including phenoxy) is 2. The molecule has 4 fully saturated rings. The number of fused-ring (bicyclic) bond motifs is 5. The van der Waals surface area contributed by atoms with Crippen LogP contribution in [0, 0.1) is 34.5 Å². The zero-order valence-electron chi connectivity index (χ0n) is 19.3. The van der Waals surface area contributed by atoms with Crippen LogP contribution in [-0.4, -0.2) is 29.4 Å². The van der Waals surface area contributed by atoms with Gasteiger partial charge in [-0.3, -0.25) is 14.4 Å². The van der Waals surface area contributed by atoms with Crippen LogP contribution >= 0.6 is 0 Å². The van der Waals surface area contributed by atoms with Gasteiger partial charge in [0.15, 0.2) is 11.4 Å². The maximum atomic E-state index is 12.5. The van der Waals surface area contributed by atoms with E-state index in [0.29, 0.717) is 36.5 Å². The van der Waals surface area contributed by atoms with Crippen molar-refractivity contribution in [3.8, 4) is 0 Å². The fourth-order valence-electron chi connectivity index (χ4n) is 8.34. The lowest BCUT2D eigenvalue weighted by molar-refractivity contribution is -0.188. The zero-order chi connectivity index (χ0) is 21.9. The minimum absolute atomic E-state index is 0.00175. The van der Waals surface area contributed by atoms with Gasteiger partial charge in [0.05, 0.1) is 0 Å². The molecule has 0 aromatic rings. The second kappa shape index (κ2) is 7.34. The average molecular weight is 419 g/mol. The fourth-order valence-corrected chi connectivity index (χ4v) is 8.34. The highest BCUT2D eigenvalue weighted by Gasteiger charge is 2.63. The van der Waals surface area contributed by atoms with Gasteiger partial charge in [-0.05, 0) is 93.8 Å². The Balaban J connectivity index is 1.56. The number of Topliss-reactive ketones (excluding diaryl/α,β-unsaturated/α-hetero) is 1. The Kier molecular flexibility index (Phi) is 5.34. The van der Waals surface area contributed by atoms with Crippen molar-refractivity contribution in [2.24, 2.45) is 34.5 Å². The minimum Gasteiger partial charge on any atom is -0.462 e. The van der Waals surface area contributed by atoms with E-state index in [2.05, 4.69) is 13.8 Å². The summed E-state index contributed by atoms with van der Waals surface area (Å²) < 4.78 is 11.4. The topological polar surface area (TPSA) is 69.7 Å². The summed E-state index contributed by atoms with van der Waals surface area (Å²) in [5.41, 5.74) is -0.617. The van der Waals surface area contributed by atoms with E-state index in [1.54, 1.807) is 6.92 Å². The molecule has 0 bridgehead atoms. The molecule has 0 radical (unpaired) electrons. The molecule has 0 unspecified atom stereocenters. The maximum Gasteiger partial charge on any atom is 0.303 e. The number of rotatable bonds is 3. The fraction of sp³-hybridized carbons (Fsp3) is 0.880. The van der Waals surface area contributed by atoms with Gasteiger partial charge < -0.3 is 9.47 Å².